The number of tetrazole rings is 1. The first-order valence-corrected chi connectivity index (χ1v) is 12.6. The summed E-state index contributed by atoms with van der Waals surface area (Å²) in [4.78, 5) is 25.5. The Morgan fingerprint density at radius 1 is 0.917 bits per heavy atom. The molecule has 0 N–H and O–H groups in total. The fraction of sp³-hybridized carbons (Fsp3) is 0.393. The predicted octanol–water partition coefficient (Wildman–Crippen LogP) is 4.79. The molecule has 0 aliphatic rings. The number of benzene rings is 2. The number of imidazole rings is 1. The topological polar surface area (TPSA) is 87.6 Å². The van der Waals surface area contributed by atoms with Gasteiger partial charge in [-0.25, -0.2) is 4.79 Å². The average Bonchev–Trinajstić information content (AvgIpc) is 3.49. The molecule has 2 aromatic carbocycles. The van der Waals surface area contributed by atoms with E-state index >= 15 is 0 Å². The van der Waals surface area contributed by atoms with Crippen molar-refractivity contribution in [1.29, 1.82) is 0 Å². The Bertz CT molecular complexity index is 1350. The van der Waals surface area contributed by atoms with Crippen molar-refractivity contribution >= 4 is 6.29 Å². The molecule has 0 saturated heterocycles. The summed E-state index contributed by atoms with van der Waals surface area (Å²) in [5.41, 5.74) is 5.18. The Morgan fingerprint density at radius 2 is 1.64 bits per heavy atom. The lowest BCUT2D eigenvalue weighted by Gasteiger charge is -2.12. The number of nitrogens with zero attached hydrogens (tertiary/aromatic N) is 6. The molecule has 2 aromatic heterocycles. The summed E-state index contributed by atoms with van der Waals surface area (Å²) in [6.45, 7) is 9.55. The fourth-order valence-corrected chi connectivity index (χ4v) is 4.41. The molecular weight excluding hydrogens is 452 g/mol. The zero-order valence-electron chi connectivity index (χ0n) is 21.5. The van der Waals surface area contributed by atoms with Crippen LogP contribution in [0.25, 0.3) is 16.8 Å². The molecule has 8 heteroatoms. The maximum absolute atomic E-state index is 13.4. The van der Waals surface area contributed by atoms with Crippen LogP contribution in [0.1, 0.15) is 62.3 Å². The van der Waals surface area contributed by atoms with Gasteiger partial charge in [-0.05, 0) is 58.7 Å². The van der Waals surface area contributed by atoms with E-state index in [1.54, 1.807) is 20.1 Å². The van der Waals surface area contributed by atoms with Crippen molar-refractivity contribution in [1.82, 2.24) is 29.3 Å². The van der Waals surface area contributed by atoms with Gasteiger partial charge in [-0.1, -0.05) is 70.2 Å². The molecule has 0 unspecified atom stereocenters. The number of para-hydroxylation sites is 1. The van der Waals surface area contributed by atoms with Gasteiger partial charge in [-0.15, -0.1) is 5.10 Å². The van der Waals surface area contributed by atoms with Gasteiger partial charge in [0.1, 0.15) is 12.0 Å². The Hall–Kier alpha value is -3.81. The van der Waals surface area contributed by atoms with Crippen LogP contribution in [0.15, 0.2) is 59.7 Å². The SMILES string of the molecule is CC(C)CCc1c(C=O)n(CCC(C)C)c(=O)n1Cc1ccc(-c2ccccc2-n2cnnn2)cc1. The van der Waals surface area contributed by atoms with Crippen molar-refractivity contribution in [3.63, 3.8) is 0 Å². The predicted molar refractivity (Wildman–Crippen MR) is 140 cm³/mol. The third kappa shape index (κ3) is 5.53. The molecule has 2 heterocycles. The lowest BCUT2D eigenvalue weighted by molar-refractivity contribution is 0.111. The minimum atomic E-state index is -0.107. The van der Waals surface area contributed by atoms with Crippen molar-refractivity contribution < 1.29 is 4.79 Å². The van der Waals surface area contributed by atoms with Crippen molar-refractivity contribution in [2.24, 2.45) is 11.8 Å². The highest BCUT2D eigenvalue weighted by atomic mass is 16.2. The molecule has 4 aromatic rings. The van der Waals surface area contributed by atoms with Crippen LogP contribution in [0, 0.1) is 11.8 Å². The molecule has 0 spiro atoms. The highest BCUT2D eigenvalue weighted by molar-refractivity contribution is 5.74. The van der Waals surface area contributed by atoms with Crippen LogP contribution in [0.5, 0.6) is 0 Å². The largest absolute Gasteiger partial charge is 0.329 e. The molecule has 0 amide bonds. The van der Waals surface area contributed by atoms with Crippen LogP contribution in [-0.2, 0) is 19.5 Å². The van der Waals surface area contributed by atoms with Gasteiger partial charge >= 0.3 is 5.69 Å². The summed E-state index contributed by atoms with van der Waals surface area (Å²) in [5, 5.41) is 11.5. The molecule has 36 heavy (non-hydrogen) atoms. The Labute approximate surface area is 211 Å². The van der Waals surface area contributed by atoms with Gasteiger partial charge < -0.3 is 0 Å². The zero-order chi connectivity index (χ0) is 25.7. The second kappa shape index (κ2) is 11.3. The summed E-state index contributed by atoms with van der Waals surface area (Å²) in [7, 11) is 0. The fourth-order valence-electron chi connectivity index (χ4n) is 4.41. The summed E-state index contributed by atoms with van der Waals surface area (Å²) in [5.74, 6) is 0.925. The quantitative estimate of drug-likeness (QED) is 0.285. The smallest absolute Gasteiger partial charge is 0.296 e. The van der Waals surface area contributed by atoms with E-state index in [2.05, 4.69) is 43.2 Å². The normalized spacial score (nSPS) is 11.5. The van der Waals surface area contributed by atoms with E-state index in [0.29, 0.717) is 37.0 Å². The molecule has 4 rings (SSSR count). The van der Waals surface area contributed by atoms with E-state index in [-0.39, 0.29) is 5.69 Å². The maximum Gasteiger partial charge on any atom is 0.329 e. The van der Waals surface area contributed by atoms with Crippen molar-refractivity contribution in [2.75, 3.05) is 0 Å². The molecule has 0 aliphatic carbocycles. The third-order valence-electron chi connectivity index (χ3n) is 6.48. The van der Waals surface area contributed by atoms with E-state index in [4.69, 9.17) is 0 Å². The summed E-state index contributed by atoms with van der Waals surface area (Å²) in [6.07, 6.45) is 4.90. The van der Waals surface area contributed by atoms with E-state index in [1.165, 1.54) is 0 Å². The lowest BCUT2D eigenvalue weighted by atomic mass is 10.0. The molecule has 0 aliphatic heterocycles. The minimum absolute atomic E-state index is 0.107. The third-order valence-corrected chi connectivity index (χ3v) is 6.48. The van der Waals surface area contributed by atoms with Gasteiger partial charge in [0.15, 0.2) is 6.29 Å². The summed E-state index contributed by atoms with van der Waals surface area (Å²) >= 11 is 0. The van der Waals surface area contributed by atoms with Gasteiger partial charge in [-0.3, -0.25) is 13.9 Å². The molecular formula is C28H34N6O2. The molecule has 0 atom stereocenters. The molecule has 188 valence electrons. The van der Waals surface area contributed by atoms with E-state index in [0.717, 1.165) is 47.2 Å². The van der Waals surface area contributed by atoms with Crippen LogP contribution >= 0.6 is 0 Å². The lowest BCUT2D eigenvalue weighted by Crippen LogP contribution is -2.26. The Kier molecular flexibility index (Phi) is 7.93. The molecule has 0 saturated carbocycles. The number of aldehydes is 1. The molecule has 8 nitrogen and oxygen atoms in total. The number of hydrogen-bond donors (Lipinski definition) is 0. The van der Waals surface area contributed by atoms with Crippen LogP contribution in [0.2, 0.25) is 0 Å². The van der Waals surface area contributed by atoms with Gasteiger partial charge in [0.25, 0.3) is 0 Å². The van der Waals surface area contributed by atoms with Gasteiger partial charge in [0.2, 0.25) is 0 Å². The minimum Gasteiger partial charge on any atom is -0.296 e. The first-order valence-electron chi connectivity index (χ1n) is 12.6. The van der Waals surface area contributed by atoms with Crippen LogP contribution < -0.4 is 5.69 Å². The highest BCUT2D eigenvalue weighted by Crippen LogP contribution is 2.26. The van der Waals surface area contributed by atoms with Crippen LogP contribution in [0.4, 0.5) is 0 Å². The Morgan fingerprint density at radius 3 is 2.28 bits per heavy atom. The first-order chi connectivity index (χ1) is 17.4. The number of carbonyl (C=O) groups is 1. The van der Waals surface area contributed by atoms with E-state index in [9.17, 15) is 9.59 Å². The molecule has 0 fully saturated rings. The van der Waals surface area contributed by atoms with Crippen LogP contribution in [0.3, 0.4) is 0 Å². The standard InChI is InChI=1S/C28H34N6O2/c1-20(2)9-14-26-27(18-35)32(16-15-21(3)4)28(36)33(26)17-22-10-12-23(13-11-22)24-7-5-6-8-25(24)34-19-29-30-31-34/h5-8,10-13,18-21H,9,14-17H2,1-4H3. The maximum atomic E-state index is 13.4. The first kappa shape index (κ1) is 25.3. The summed E-state index contributed by atoms with van der Waals surface area (Å²) in [6, 6.07) is 16.1. The van der Waals surface area contributed by atoms with Crippen LogP contribution in [-0.4, -0.2) is 35.6 Å². The molecule has 0 bridgehead atoms. The van der Waals surface area contributed by atoms with E-state index in [1.807, 2.05) is 48.5 Å². The van der Waals surface area contributed by atoms with Gasteiger partial charge in [0, 0.05) is 12.1 Å². The Balaban J connectivity index is 1.67. The second-order valence-electron chi connectivity index (χ2n) is 10.1. The van der Waals surface area contributed by atoms with Gasteiger partial charge in [0.05, 0.1) is 17.9 Å². The monoisotopic (exact) mass is 486 g/mol. The van der Waals surface area contributed by atoms with Crippen molar-refractivity contribution in [3.05, 3.63) is 82.3 Å². The average molecular weight is 487 g/mol. The number of rotatable bonds is 11. The number of aromatic nitrogens is 6. The number of carbonyl (C=O) groups excluding carboxylic acids is 1. The zero-order valence-corrected chi connectivity index (χ0v) is 21.5. The van der Waals surface area contributed by atoms with Gasteiger partial charge in [-0.2, -0.15) is 4.68 Å². The molecule has 0 radical (unpaired) electrons. The second-order valence-corrected chi connectivity index (χ2v) is 10.1. The highest BCUT2D eigenvalue weighted by Gasteiger charge is 2.20. The summed E-state index contributed by atoms with van der Waals surface area (Å²) < 4.78 is 5.10. The number of hydrogen-bond acceptors (Lipinski definition) is 5. The van der Waals surface area contributed by atoms with Crippen molar-refractivity contribution in [3.8, 4) is 16.8 Å². The van der Waals surface area contributed by atoms with E-state index < -0.39 is 0 Å². The van der Waals surface area contributed by atoms with Crippen molar-refractivity contribution in [2.45, 2.75) is 60.0 Å².